The first-order chi connectivity index (χ1) is 15.8. The van der Waals surface area contributed by atoms with Gasteiger partial charge >= 0.3 is 6.18 Å². The number of alkyl halides is 3. The van der Waals surface area contributed by atoms with Crippen molar-refractivity contribution < 1.29 is 31.6 Å². The summed E-state index contributed by atoms with van der Waals surface area (Å²) in [7, 11) is 0. The Bertz CT molecular complexity index is 1110. The highest BCUT2D eigenvalue weighted by atomic mass is 19.4. The number of anilines is 2. The van der Waals surface area contributed by atoms with Crippen molar-refractivity contribution in [1.29, 1.82) is 0 Å². The zero-order chi connectivity index (χ0) is 23.4. The van der Waals surface area contributed by atoms with Gasteiger partial charge in [0.25, 0.3) is 0 Å². The monoisotopic (exact) mass is 464 g/mol. The molecule has 0 bridgehead atoms. The van der Waals surface area contributed by atoms with E-state index < -0.39 is 23.5 Å². The summed E-state index contributed by atoms with van der Waals surface area (Å²) in [4.78, 5) is 18.6. The highest BCUT2D eigenvalue weighted by molar-refractivity contribution is 5.94. The second-order valence-corrected chi connectivity index (χ2v) is 7.40. The molecule has 0 atom stereocenters. The van der Waals surface area contributed by atoms with Gasteiger partial charge in [-0.1, -0.05) is 5.16 Å². The summed E-state index contributed by atoms with van der Waals surface area (Å²) in [5, 5.41) is 6.39. The van der Waals surface area contributed by atoms with Crippen LogP contribution in [0.2, 0.25) is 0 Å². The van der Waals surface area contributed by atoms with Crippen molar-refractivity contribution >= 4 is 17.3 Å². The number of nitrogens with zero attached hydrogens (tertiary/aromatic N) is 3. The molecule has 0 aliphatic carbocycles. The SMILES string of the molecule is O=C(CCc1nc(-c2ccc(F)cc2)no1)Nc1cc(C(F)(F)F)ccc1N1CCOCC1. The van der Waals surface area contributed by atoms with E-state index in [1.54, 1.807) is 0 Å². The van der Waals surface area contributed by atoms with E-state index in [1.807, 2.05) is 4.90 Å². The molecule has 2 heterocycles. The lowest BCUT2D eigenvalue weighted by Crippen LogP contribution is -2.36. The summed E-state index contributed by atoms with van der Waals surface area (Å²) >= 11 is 0. The maximum absolute atomic E-state index is 13.2. The maximum Gasteiger partial charge on any atom is 0.416 e. The van der Waals surface area contributed by atoms with E-state index >= 15 is 0 Å². The quantitative estimate of drug-likeness (QED) is 0.548. The van der Waals surface area contributed by atoms with Crippen LogP contribution in [0.25, 0.3) is 11.4 Å². The van der Waals surface area contributed by atoms with Crippen molar-refractivity contribution in [3.8, 4) is 11.4 Å². The number of morpholine rings is 1. The Morgan fingerprint density at radius 3 is 2.52 bits per heavy atom. The number of nitrogens with one attached hydrogen (secondary N) is 1. The van der Waals surface area contributed by atoms with E-state index in [9.17, 15) is 22.4 Å². The summed E-state index contributed by atoms with van der Waals surface area (Å²) in [5.74, 6) is -0.463. The molecule has 1 aliphatic heterocycles. The first-order valence-electron chi connectivity index (χ1n) is 10.2. The molecular formula is C22H20F4N4O3. The number of amides is 1. The molecule has 33 heavy (non-hydrogen) atoms. The molecule has 1 saturated heterocycles. The fourth-order valence-corrected chi connectivity index (χ4v) is 3.40. The molecule has 174 valence electrons. The van der Waals surface area contributed by atoms with Crippen molar-refractivity contribution in [2.75, 3.05) is 36.5 Å². The average Bonchev–Trinajstić information content (AvgIpc) is 3.27. The highest BCUT2D eigenvalue weighted by Gasteiger charge is 2.32. The summed E-state index contributed by atoms with van der Waals surface area (Å²) in [6.45, 7) is 1.90. The average molecular weight is 464 g/mol. The largest absolute Gasteiger partial charge is 0.416 e. The van der Waals surface area contributed by atoms with E-state index in [0.717, 1.165) is 12.1 Å². The van der Waals surface area contributed by atoms with Crippen LogP contribution in [0.3, 0.4) is 0 Å². The number of halogens is 4. The predicted octanol–water partition coefficient (Wildman–Crippen LogP) is 4.30. The summed E-state index contributed by atoms with van der Waals surface area (Å²) in [5.41, 5.74) is 0.274. The molecule has 1 aromatic heterocycles. The Kier molecular flexibility index (Phi) is 6.59. The van der Waals surface area contributed by atoms with Gasteiger partial charge in [0.2, 0.25) is 17.6 Å². The van der Waals surface area contributed by atoms with Crippen LogP contribution in [-0.4, -0.2) is 42.4 Å². The molecule has 1 fully saturated rings. The highest BCUT2D eigenvalue weighted by Crippen LogP contribution is 2.36. The molecule has 2 aromatic carbocycles. The summed E-state index contributed by atoms with van der Waals surface area (Å²) in [6, 6.07) is 8.81. The van der Waals surface area contributed by atoms with Crippen LogP contribution >= 0.6 is 0 Å². The Morgan fingerprint density at radius 1 is 1.09 bits per heavy atom. The molecule has 1 N–H and O–H groups in total. The van der Waals surface area contributed by atoms with Crippen LogP contribution < -0.4 is 10.2 Å². The van der Waals surface area contributed by atoms with Gasteiger partial charge in [-0.25, -0.2) is 4.39 Å². The molecule has 4 rings (SSSR count). The Balaban J connectivity index is 1.44. The lowest BCUT2D eigenvalue weighted by molar-refractivity contribution is -0.137. The molecule has 0 saturated carbocycles. The van der Waals surface area contributed by atoms with Crippen LogP contribution in [0.15, 0.2) is 47.0 Å². The first kappa shape index (κ1) is 22.7. The third kappa shape index (κ3) is 5.67. The number of carbonyl (C=O) groups is 1. The standard InChI is InChI=1S/C22H20F4N4O3/c23-16-4-1-14(2-5-16)21-28-20(33-29-21)8-7-19(31)27-17-13-15(22(24,25)26)3-6-18(17)30-9-11-32-12-10-30/h1-6,13H,7-12H2,(H,27,31). The fourth-order valence-electron chi connectivity index (χ4n) is 3.40. The van der Waals surface area contributed by atoms with Gasteiger partial charge < -0.3 is 19.5 Å². The van der Waals surface area contributed by atoms with Gasteiger partial charge in [0.1, 0.15) is 5.82 Å². The lowest BCUT2D eigenvalue weighted by Gasteiger charge is -2.31. The van der Waals surface area contributed by atoms with Gasteiger partial charge in [-0.05, 0) is 42.5 Å². The normalized spacial score (nSPS) is 14.4. The topological polar surface area (TPSA) is 80.5 Å². The predicted molar refractivity (Wildman–Crippen MR) is 111 cm³/mol. The van der Waals surface area contributed by atoms with Gasteiger partial charge in [-0.3, -0.25) is 4.79 Å². The smallest absolute Gasteiger partial charge is 0.378 e. The van der Waals surface area contributed by atoms with Crippen LogP contribution in [0, 0.1) is 5.82 Å². The number of hydrogen-bond acceptors (Lipinski definition) is 6. The number of hydrogen-bond donors (Lipinski definition) is 1. The molecule has 0 unspecified atom stereocenters. The van der Waals surface area contributed by atoms with Gasteiger partial charge in [-0.15, -0.1) is 0 Å². The maximum atomic E-state index is 13.2. The van der Waals surface area contributed by atoms with E-state index in [1.165, 1.54) is 30.3 Å². The number of rotatable bonds is 6. The van der Waals surface area contributed by atoms with E-state index in [4.69, 9.17) is 9.26 Å². The van der Waals surface area contributed by atoms with Crippen molar-refractivity contribution in [2.24, 2.45) is 0 Å². The minimum Gasteiger partial charge on any atom is -0.378 e. The van der Waals surface area contributed by atoms with Crippen molar-refractivity contribution in [3.63, 3.8) is 0 Å². The second-order valence-electron chi connectivity index (χ2n) is 7.40. The number of benzene rings is 2. The van der Waals surface area contributed by atoms with Crippen LogP contribution in [0.1, 0.15) is 17.9 Å². The van der Waals surface area contributed by atoms with Crippen LogP contribution in [0.4, 0.5) is 28.9 Å². The Labute approximate surface area is 186 Å². The molecule has 0 spiro atoms. The lowest BCUT2D eigenvalue weighted by atomic mass is 10.1. The molecule has 0 radical (unpaired) electrons. The number of aromatic nitrogens is 2. The van der Waals surface area contributed by atoms with Gasteiger partial charge in [0, 0.05) is 31.5 Å². The second kappa shape index (κ2) is 9.57. The van der Waals surface area contributed by atoms with Gasteiger partial charge in [0.05, 0.1) is 30.2 Å². The van der Waals surface area contributed by atoms with E-state index in [-0.39, 0.29) is 30.2 Å². The Morgan fingerprint density at radius 2 is 1.82 bits per heavy atom. The summed E-state index contributed by atoms with van der Waals surface area (Å²) < 4.78 is 63.1. The molecule has 1 aliphatic rings. The molecule has 3 aromatic rings. The third-order valence-corrected chi connectivity index (χ3v) is 5.09. The molecule has 1 amide bonds. The molecule has 7 nitrogen and oxygen atoms in total. The minimum atomic E-state index is -4.54. The molecule has 11 heteroatoms. The Hall–Kier alpha value is -3.47. The first-order valence-corrected chi connectivity index (χ1v) is 10.2. The minimum absolute atomic E-state index is 0.0780. The van der Waals surface area contributed by atoms with Crippen molar-refractivity contribution in [3.05, 3.63) is 59.7 Å². The zero-order valence-electron chi connectivity index (χ0n) is 17.4. The van der Waals surface area contributed by atoms with Gasteiger partial charge in [0.15, 0.2) is 0 Å². The zero-order valence-corrected chi connectivity index (χ0v) is 17.4. The third-order valence-electron chi connectivity index (χ3n) is 5.09. The van der Waals surface area contributed by atoms with E-state index in [2.05, 4.69) is 15.5 Å². The van der Waals surface area contributed by atoms with Crippen LogP contribution in [0.5, 0.6) is 0 Å². The molecular weight excluding hydrogens is 444 g/mol. The number of aryl methyl sites for hydroxylation is 1. The summed E-state index contributed by atoms with van der Waals surface area (Å²) in [6.07, 6.45) is -4.53. The van der Waals surface area contributed by atoms with Crippen LogP contribution in [-0.2, 0) is 22.1 Å². The van der Waals surface area contributed by atoms with Crippen molar-refractivity contribution in [2.45, 2.75) is 19.0 Å². The van der Waals surface area contributed by atoms with E-state index in [0.29, 0.717) is 37.6 Å². The number of carbonyl (C=O) groups excluding carboxylic acids is 1. The van der Waals surface area contributed by atoms with Gasteiger partial charge in [-0.2, -0.15) is 18.2 Å². The fraction of sp³-hybridized carbons (Fsp3) is 0.318. The number of ether oxygens (including phenoxy) is 1. The van der Waals surface area contributed by atoms with Crippen molar-refractivity contribution in [1.82, 2.24) is 10.1 Å².